The highest BCUT2D eigenvalue weighted by molar-refractivity contribution is 5.55. The van der Waals surface area contributed by atoms with E-state index in [0.717, 1.165) is 5.56 Å². The van der Waals surface area contributed by atoms with Crippen LogP contribution in [0, 0.1) is 18.6 Å². The molecule has 1 heterocycles. The molecule has 4 aromatic rings. The molecule has 0 spiro atoms. The Bertz CT molecular complexity index is 1100. The molecule has 6 heteroatoms. The lowest BCUT2D eigenvalue weighted by Crippen LogP contribution is -2.15. The van der Waals surface area contributed by atoms with E-state index in [0.29, 0.717) is 22.7 Å². The highest BCUT2D eigenvalue weighted by Gasteiger charge is 2.24. The topological polar surface area (TPSA) is 51.0 Å². The van der Waals surface area contributed by atoms with Gasteiger partial charge in [-0.1, -0.05) is 36.4 Å². The summed E-state index contributed by atoms with van der Waals surface area (Å²) in [6.45, 7) is 1.77. The number of anilines is 1. The van der Waals surface area contributed by atoms with Crippen molar-refractivity contribution in [1.82, 2.24) is 10.2 Å². The molecule has 0 bridgehead atoms. The summed E-state index contributed by atoms with van der Waals surface area (Å²) in [6, 6.07) is 19.3. The van der Waals surface area contributed by atoms with Gasteiger partial charge in [-0.2, -0.15) is 0 Å². The molecule has 0 aliphatic carbocycles. The van der Waals surface area contributed by atoms with Crippen LogP contribution in [0.5, 0.6) is 0 Å². The van der Waals surface area contributed by atoms with Crippen molar-refractivity contribution in [2.24, 2.45) is 0 Å². The van der Waals surface area contributed by atoms with Gasteiger partial charge in [0.25, 0.3) is 0 Å². The number of rotatable bonds is 5. The van der Waals surface area contributed by atoms with Crippen molar-refractivity contribution in [1.29, 1.82) is 0 Å². The van der Waals surface area contributed by atoms with E-state index in [4.69, 9.17) is 4.42 Å². The first kappa shape index (κ1) is 17.9. The Morgan fingerprint density at radius 2 is 1.64 bits per heavy atom. The zero-order valence-electron chi connectivity index (χ0n) is 15.1. The molecule has 28 heavy (non-hydrogen) atoms. The molecule has 0 amide bonds. The largest absolute Gasteiger partial charge is 0.418 e. The van der Waals surface area contributed by atoms with E-state index >= 15 is 0 Å². The smallest absolute Gasteiger partial charge is 0.247 e. The van der Waals surface area contributed by atoms with Crippen LogP contribution in [-0.2, 0) is 0 Å². The fraction of sp³-hybridized carbons (Fsp3) is 0.0909. The van der Waals surface area contributed by atoms with Crippen molar-refractivity contribution in [3.8, 4) is 11.5 Å². The highest BCUT2D eigenvalue weighted by Crippen LogP contribution is 2.31. The maximum Gasteiger partial charge on any atom is 0.247 e. The van der Waals surface area contributed by atoms with Gasteiger partial charge in [-0.3, -0.25) is 0 Å². The number of halogens is 2. The Morgan fingerprint density at radius 1 is 0.893 bits per heavy atom. The quantitative estimate of drug-likeness (QED) is 0.497. The van der Waals surface area contributed by atoms with E-state index in [9.17, 15) is 8.78 Å². The predicted octanol–water partition coefficient (Wildman–Crippen LogP) is 5.52. The third kappa shape index (κ3) is 3.62. The number of nitrogens with one attached hydrogen (secondary N) is 1. The Balaban J connectivity index is 1.76. The summed E-state index contributed by atoms with van der Waals surface area (Å²) >= 11 is 0. The molecule has 4 nitrogen and oxygen atoms in total. The van der Waals surface area contributed by atoms with E-state index in [1.807, 2.05) is 30.3 Å². The van der Waals surface area contributed by atoms with Crippen molar-refractivity contribution < 1.29 is 13.2 Å². The summed E-state index contributed by atoms with van der Waals surface area (Å²) in [5.41, 5.74) is 2.46. The number of hydrogen-bond donors (Lipinski definition) is 1. The van der Waals surface area contributed by atoms with E-state index in [2.05, 4.69) is 15.5 Å². The van der Waals surface area contributed by atoms with Gasteiger partial charge >= 0.3 is 0 Å². The average molecular weight is 377 g/mol. The zero-order valence-corrected chi connectivity index (χ0v) is 15.1. The molecule has 1 aromatic heterocycles. The number of hydrogen-bond acceptors (Lipinski definition) is 4. The zero-order chi connectivity index (χ0) is 19.5. The molecule has 3 aromatic carbocycles. The monoisotopic (exact) mass is 377 g/mol. The SMILES string of the molecule is Cc1cc(F)ccc1NC(c1nnc(-c2ccccc2)o1)c1ccccc1F. The molecule has 0 radical (unpaired) electrons. The van der Waals surface area contributed by atoms with Crippen LogP contribution >= 0.6 is 0 Å². The molecule has 0 aliphatic heterocycles. The third-order valence-corrected chi connectivity index (χ3v) is 4.41. The molecule has 0 saturated heterocycles. The summed E-state index contributed by atoms with van der Waals surface area (Å²) < 4.78 is 33.8. The van der Waals surface area contributed by atoms with Gasteiger partial charge in [0.15, 0.2) is 0 Å². The number of benzene rings is 3. The first-order chi connectivity index (χ1) is 13.6. The lowest BCUT2D eigenvalue weighted by Gasteiger charge is -2.19. The van der Waals surface area contributed by atoms with Crippen molar-refractivity contribution in [2.75, 3.05) is 5.32 Å². The van der Waals surface area contributed by atoms with Gasteiger partial charge in [-0.05, 0) is 48.9 Å². The number of aromatic nitrogens is 2. The average Bonchev–Trinajstić information content (AvgIpc) is 3.19. The molecule has 0 aliphatic rings. The lowest BCUT2D eigenvalue weighted by molar-refractivity contribution is 0.485. The third-order valence-electron chi connectivity index (χ3n) is 4.41. The maximum atomic E-state index is 14.5. The summed E-state index contributed by atoms with van der Waals surface area (Å²) in [7, 11) is 0. The van der Waals surface area contributed by atoms with Crippen molar-refractivity contribution >= 4 is 5.69 Å². The number of nitrogens with zero attached hydrogens (tertiary/aromatic N) is 2. The molecule has 140 valence electrons. The van der Waals surface area contributed by atoms with E-state index in [1.165, 1.54) is 18.2 Å². The van der Waals surface area contributed by atoms with Gasteiger partial charge in [0, 0.05) is 16.8 Å². The van der Waals surface area contributed by atoms with Crippen LogP contribution in [0.2, 0.25) is 0 Å². The van der Waals surface area contributed by atoms with E-state index in [1.54, 1.807) is 31.2 Å². The molecule has 4 rings (SSSR count). The minimum Gasteiger partial charge on any atom is -0.418 e. The maximum absolute atomic E-state index is 14.5. The molecule has 1 unspecified atom stereocenters. The summed E-state index contributed by atoms with van der Waals surface area (Å²) in [5, 5.41) is 11.4. The van der Waals surface area contributed by atoms with Gasteiger partial charge in [0.2, 0.25) is 11.8 Å². The summed E-state index contributed by atoms with van der Waals surface area (Å²) in [5.74, 6) is -0.184. The van der Waals surface area contributed by atoms with Crippen LogP contribution in [0.3, 0.4) is 0 Å². The Morgan fingerprint density at radius 3 is 2.39 bits per heavy atom. The minimum atomic E-state index is -0.727. The first-order valence-corrected chi connectivity index (χ1v) is 8.78. The predicted molar refractivity (Wildman–Crippen MR) is 103 cm³/mol. The van der Waals surface area contributed by atoms with Gasteiger partial charge < -0.3 is 9.73 Å². The van der Waals surface area contributed by atoms with Crippen molar-refractivity contribution in [3.63, 3.8) is 0 Å². The fourth-order valence-corrected chi connectivity index (χ4v) is 2.97. The van der Waals surface area contributed by atoms with Gasteiger partial charge in [-0.15, -0.1) is 10.2 Å². The van der Waals surface area contributed by atoms with Crippen molar-refractivity contribution in [3.05, 3.63) is 101 Å². The normalized spacial score (nSPS) is 12.0. The second-order valence-electron chi connectivity index (χ2n) is 6.37. The van der Waals surface area contributed by atoms with E-state index in [-0.39, 0.29) is 11.7 Å². The van der Waals surface area contributed by atoms with Crippen LogP contribution in [0.1, 0.15) is 23.1 Å². The Labute approximate surface area is 160 Å². The van der Waals surface area contributed by atoms with Gasteiger partial charge in [0.1, 0.15) is 17.7 Å². The molecule has 1 N–H and O–H groups in total. The first-order valence-electron chi connectivity index (χ1n) is 8.78. The summed E-state index contributed by atoms with van der Waals surface area (Å²) in [6.07, 6.45) is 0. The lowest BCUT2D eigenvalue weighted by atomic mass is 10.0. The second kappa shape index (κ2) is 7.60. The number of aryl methyl sites for hydroxylation is 1. The second-order valence-corrected chi connectivity index (χ2v) is 6.37. The Kier molecular flexibility index (Phi) is 4.85. The molecule has 0 saturated carbocycles. The van der Waals surface area contributed by atoms with Crippen LogP contribution in [0.4, 0.5) is 14.5 Å². The van der Waals surface area contributed by atoms with E-state index < -0.39 is 11.9 Å². The fourth-order valence-electron chi connectivity index (χ4n) is 2.97. The molecular weight excluding hydrogens is 360 g/mol. The van der Waals surface area contributed by atoms with Crippen molar-refractivity contribution in [2.45, 2.75) is 13.0 Å². The standard InChI is InChI=1S/C22H17F2N3O/c1-14-13-16(23)11-12-19(14)25-20(17-9-5-6-10-18(17)24)22-27-26-21(28-22)15-7-3-2-4-8-15/h2-13,20,25H,1H3. The van der Waals surface area contributed by atoms with Gasteiger partial charge in [0.05, 0.1) is 0 Å². The summed E-state index contributed by atoms with van der Waals surface area (Å²) in [4.78, 5) is 0. The van der Waals surface area contributed by atoms with Gasteiger partial charge in [-0.25, -0.2) is 8.78 Å². The minimum absolute atomic E-state index is 0.215. The van der Waals surface area contributed by atoms with Crippen LogP contribution in [-0.4, -0.2) is 10.2 Å². The molecule has 0 fully saturated rings. The highest BCUT2D eigenvalue weighted by atomic mass is 19.1. The Hall–Kier alpha value is -3.54. The van der Waals surface area contributed by atoms with Crippen LogP contribution < -0.4 is 5.32 Å². The van der Waals surface area contributed by atoms with Crippen LogP contribution in [0.15, 0.2) is 77.2 Å². The van der Waals surface area contributed by atoms with Crippen LogP contribution in [0.25, 0.3) is 11.5 Å². The molecule has 1 atom stereocenters. The molecular formula is C22H17F2N3O.